The Morgan fingerprint density at radius 2 is 1.37 bits per heavy atom. The molecule has 3 aliphatic rings. The molecule has 1 saturated heterocycles. The van der Waals surface area contributed by atoms with Gasteiger partial charge in [0.05, 0.1) is 24.5 Å². The van der Waals surface area contributed by atoms with Gasteiger partial charge in [-0.15, -0.1) is 25.5 Å². The molecule has 5 heterocycles. The van der Waals surface area contributed by atoms with Crippen molar-refractivity contribution in [1.82, 2.24) is 30.4 Å². The monoisotopic (exact) mass is 859 g/mol. The molecule has 0 spiro atoms. The first-order valence-electron chi connectivity index (χ1n) is 17.8. The maximum absolute atomic E-state index is 13.6. The zero-order valence-electron chi connectivity index (χ0n) is 30.8. The van der Waals surface area contributed by atoms with Gasteiger partial charge in [0, 0.05) is 52.4 Å². The number of carbonyl (C=O) groups is 2. The predicted molar refractivity (Wildman–Crippen MR) is 216 cm³/mol. The number of carbonyl (C=O) groups excluding carboxylic acids is 1. The van der Waals surface area contributed by atoms with Gasteiger partial charge < -0.3 is 55.1 Å². The molecule has 0 saturated carbocycles. The largest absolute Gasteiger partial charge is 0.537 e. The lowest BCUT2D eigenvalue weighted by Crippen LogP contribution is -2.48. The summed E-state index contributed by atoms with van der Waals surface area (Å²) in [6.45, 7) is 4.60. The second kappa shape index (κ2) is 18.7. The average molecular weight is 860 g/mol. The molecule has 0 amide bonds. The SMILES string of the molecule is COc1ccc2c(c1C(=O)O)OB(O)[C@@H](Sc1nnc(NCCN3CCN(OC(=O)c4c(OC)ccc5c4OB(O)[C@@H](Sc4nnc(NCCN)s4)C5)CC3)s1)C2. The van der Waals surface area contributed by atoms with Gasteiger partial charge in [-0.1, -0.05) is 58.3 Å². The third kappa shape index (κ3) is 9.63. The van der Waals surface area contributed by atoms with Crippen molar-refractivity contribution in [1.29, 1.82) is 0 Å². The number of rotatable bonds is 16. The predicted octanol–water partition coefficient (Wildman–Crippen LogP) is 1.51. The van der Waals surface area contributed by atoms with Crippen molar-refractivity contribution in [3.05, 3.63) is 46.5 Å². The molecular formula is C32H39B2N9O10S4. The number of anilines is 2. The first-order chi connectivity index (χ1) is 27.6. The fraction of sp³-hybridized carbons (Fsp3) is 0.438. The number of carboxylic acids is 1. The fourth-order valence-corrected chi connectivity index (χ4v) is 10.6. The summed E-state index contributed by atoms with van der Waals surface area (Å²) in [5.74, 6) is -1.05. The smallest absolute Gasteiger partial charge is 0.534 e. The molecule has 57 heavy (non-hydrogen) atoms. The number of hydrogen-bond acceptors (Lipinski definition) is 22. The molecule has 2 atom stereocenters. The summed E-state index contributed by atoms with van der Waals surface area (Å²) in [6.07, 6.45) is 0.788. The number of benzene rings is 2. The van der Waals surface area contributed by atoms with Gasteiger partial charge in [-0.05, 0) is 36.1 Å². The Bertz CT molecular complexity index is 2060. The number of thioether (sulfide) groups is 2. The Labute approximate surface area is 344 Å². The highest BCUT2D eigenvalue weighted by Crippen LogP contribution is 2.42. The molecule has 0 unspecified atom stereocenters. The quantitative estimate of drug-likeness (QED) is 0.0874. The Morgan fingerprint density at radius 1 is 0.842 bits per heavy atom. The van der Waals surface area contributed by atoms with Crippen LogP contribution in [-0.4, -0.2) is 149 Å². The minimum atomic E-state index is -1.25. The number of methoxy groups -OCH3 is 2. The highest BCUT2D eigenvalue weighted by molar-refractivity contribution is 8.03. The molecule has 2 aromatic carbocycles. The molecule has 0 radical (unpaired) electrons. The standard InChI is InChI=1S/C32H39B2N9O10S4/c1-49-19-5-3-17-15-21(33(47)51-25(17)23(19)27(44)45)54-32-41-39-30(57-32)37-9-10-42-11-13-43(14-12-42)53-28(46)24-20(50-2)6-4-18-16-22(34(48)52-26(18)24)55-31-40-38-29(56-31)36-8-7-35/h3-6,21-22,47-48H,7-16,35H2,1-2H3,(H,36,38)(H,37,39)(H,44,45)/t21-,22-/m0/s1. The number of hydrogen-bond donors (Lipinski definition) is 6. The zero-order chi connectivity index (χ0) is 40.1. The van der Waals surface area contributed by atoms with Crippen LogP contribution in [0.25, 0.3) is 0 Å². The lowest BCUT2D eigenvalue weighted by atomic mass is 9.77. The number of nitrogens with two attached hydrogens (primary N) is 1. The highest BCUT2D eigenvalue weighted by Gasteiger charge is 2.41. The lowest BCUT2D eigenvalue weighted by molar-refractivity contribution is -0.129. The molecule has 1 fully saturated rings. The van der Waals surface area contributed by atoms with E-state index in [4.69, 9.17) is 29.4 Å². The average Bonchev–Trinajstić information content (AvgIpc) is 3.86. The Kier molecular flexibility index (Phi) is 13.5. The van der Waals surface area contributed by atoms with Crippen LogP contribution in [0.4, 0.5) is 10.3 Å². The number of piperazine rings is 1. The molecule has 4 aromatic rings. The lowest BCUT2D eigenvalue weighted by Gasteiger charge is -2.33. The first-order valence-corrected chi connectivity index (χ1v) is 21.2. The maximum Gasteiger partial charge on any atom is 0.537 e. The number of aromatic nitrogens is 4. The van der Waals surface area contributed by atoms with Gasteiger partial charge in [0.1, 0.15) is 34.1 Å². The first kappa shape index (κ1) is 41.1. The minimum Gasteiger partial charge on any atom is -0.534 e. The van der Waals surface area contributed by atoms with Crippen LogP contribution >= 0.6 is 46.2 Å². The van der Waals surface area contributed by atoms with Gasteiger partial charge in [0.25, 0.3) is 0 Å². The zero-order valence-corrected chi connectivity index (χ0v) is 34.0. The van der Waals surface area contributed by atoms with Crippen molar-refractivity contribution in [2.24, 2.45) is 5.73 Å². The van der Waals surface area contributed by atoms with E-state index in [1.807, 2.05) is 6.07 Å². The highest BCUT2D eigenvalue weighted by atomic mass is 32.2. The van der Waals surface area contributed by atoms with Gasteiger partial charge in [0.2, 0.25) is 10.3 Å². The fourth-order valence-electron chi connectivity index (χ4n) is 6.39. The van der Waals surface area contributed by atoms with E-state index in [0.717, 1.165) is 5.56 Å². The summed E-state index contributed by atoms with van der Waals surface area (Å²) in [7, 11) is 0.372. The summed E-state index contributed by atoms with van der Waals surface area (Å²) in [5.41, 5.74) is 6.94. The van der Waals surface area contributed by atoms with Crippen LogP contribution in [0.3, 0.4) is 0 Å². The number of nitrogens with one attached hydrogen (secondary N) is 2. The Morgan fingerprint density at radius 3 is 1.89 bits per heavy atom. The van der Waals surface area contributed by atoms with E-state index in [-0.39, 0.29) is 39.3 Å². The third-order valence-electron chi connectivity index (χ3n) is 9.20. The topological polar surface area (TPSA) is 249 Å². The summed E-state index contributed by atoms with van der Waals surface area (Å²) in [6, 6.07) is 6.84. The van der Waals surface area contributed by atoms with Crippen molar-refractivity contribution in [2.75, 3.05) is 77.2 Å². The molecule has 0 bridgehead atoms. The van der Waals surface area contributed by atoms with Crippen LogP contribution in [0.2, 0.25) is 0 Å². The summed E-state index contributed by atoms with van der Waals surface area (Å²) in [4.78, 5) is 33.5. The van der Waals surface area contributed by atoms with Crippen LogP contribution in [0, 0.1) is 0 Å². The Balaban J connectivity index is 0.869. The number of ether oxygens (including phenoxy) is 2. The van der Waals surface area contributed by atoms with Crippen LogP contribution < -0.4 is 35.1 Å². The van der Waals surface area contributed by atoms with Crippen LogP contribution in [0.15, 0.2) is 32.9 Å². The van der Waals surface area contributed by atoms with Gasteiger partial charge in [-0.3, -0.25) is 4.90 Å². The second-order valence-corrected chi connectivity index (χ2v) is 17.8. The van der Waals surface area contributed by atoms with Gasteiger partial charge in [-0.2, -0.15) is 0 Å². The maximum atomic E-state index is 13.6. The Hall–Kier alpha value is -4.07. The van der Waals surface area contributed by atoms with Crippen LogP contribution in [-0.2, 0) is 17.7 Å². The molecule has 0 aliphatic carbocycles. The minimum absolute atomic E-state index is 0.108. The summed E-state index contributed by atoms with van der Waals surface area (Å²) in [5, 5.41) is 56.6. The molecule has 302 valence electrons. The molecule has 2 aromatic heterocycles. The van der Waals surface area contributed by atoms with E-state index in [1.54, 1.807) is 23.3 Å². The molecular weight excluding hydrogens is 820 g/mol. The van der Waals surface area contributed by atoms with Gasteiger partial charge in [0.15, 0.2) is 8.68 Å². The summed E-state index contributed by atoms with van der Waals surface area (Å²) < 4.78 is 23.6. The van der Waals surface area contributed by atoms with Crippen molar-refractivity contribution in [3.8, 4) is 23.0 Å². The van der Waals surface area contributed by atoms with Gasteiger partial charge in [-0.25, -0.2) is 9.59 Å². The van der Waals surface area contributed by atoms with E-state index >= 15 is 0 Å². The van der Waals surface area contributed by atoms with Crippen molar-refractivity contribution in [3.63, 3.8) is 0 Å². The third-order valence-corrected chi connectivity index (χ3v) is 13.6. The van der Waals surface area contributed by atoms with Gasteiger partial charge >= 0.3 is 26.2 Å². The number of fused-ring (bicyclic) bond motifs is 2. The van der Waals surface area contributed by atoms with Crippen molar-refractivity contribution in [2.45, 2.75) is 31.8 Å². The van der Waals surface area contributed by atoms with E-state index < -0.39 is 31.3 Å². The molecule has 3 aliphatic heterocycles. The molecule has 7 rings (SSSR count). The van der Waals surface area contributed by atoms with Crippen molar-refractivity contribution < 1.29 is 48.4 Å². The molecule has 19 nitrogen and oxygen atoms in total. The van der Waals surface area contributed by atoms with Crippen LogP contribution in [0.5, 0.6) is 23.0 Å². The van der Waals surface area contributed by atoms with E-state index in [9.17, 15) is 24.7 Å². The molecule has 7 N–H and O–H groups in total. The number of carboxylic acid groups (broad SMARTS) is 1. The number of nitrogens with zero attached hydrogens (tertiary/aromatic N) is 6. The van der Waals surface area contributed by atoms with E-state index in [1.165, 1.54) is 60.4 Å². The normalized spacial score (nSPS) is 18.2. The number of aromatic carboxylic acids is 1. The van der Waals surface area contributed by atoms with Crippen molar-refractivity contribution >= 4 is 82.6 Å². The number of hydroxylamine groups is 2. The second-order valence-electron chi connectivity index (χ2n) is 12.8. The van der Waals surface area contributed by atoms with Crippen LogP contribution in [0.1, 0.15) is 31.8 Å². The summed E-state index contributed by atoms with van der Waals surface area (Å²) >= 11 is 5.38. The van der Waals surface area contributed by atoms with E-state index in [0.29, 0.717) is 89.7 Å². The van der Waals surface area contributed by atoms with E-state index in [2.05, 4.69) is 35.9 Å². The molecule has 25 heteroatoms.